The molecule has 15 heteroatoms. The summed E-state index contributed by atoms with van der Waals surface area (Å²) in [7, 11) is -9.24. The molecule has 0 amide bonds. The molecule has 0 bridgehead atoms. The van der Waals surface area contributed by atoms with Gasteiger partial charge in [-0.05, 0) is 92.4 Å². The van der Waals surface area contributed by atoms with Crippen molar-refractivity contribution >= 4 is 35.9 Å². The van der Waals surface area contributed by atoms with Gasteiger partial charge in [-0.3, -0.25) is 4.31 Å². The first kappa shape index (κ1) is 37.5. The van der Waals surface area contributed by atoms with Crippen LogP contribution in [0.1, 0.15) is 25.0 Å². The van der Waals surface area contributed by atoms with Gasteiger partial charge < -0.3 is 22.6 Å². The molecule has 4 aromatic rings. The van der Waals surface area contributed by atoms with Gasteiger partial charge in [0.2, 0.25) is 0 Å². The van der Waals surface area contributed by atoms with Crippen LogP contribution in [0.5, 0.6) is 28.7 Å². The minimum Gasteiger partial charge on any atom is -0.496 e. The summed E-state index contributed by atoms with van der Waals surface area (Å²) in [6.45, 7) is 6.05. The monoisotopic (exact) mass is 757 g/mol. The summed E-state index contributed by atoms with van der Waals surface area (Å²) >= 11 is 0. The van der Waals surface area contributed by atoms with E-state index in [1.165, 1.54) is 30.7 Å². The molecule has 12 nitrogen and oxygen atoms in total. The molecule has 0 spiro atoms. The highest BCUT2D eigenvalue weighted by Gasteiger charge is 2.32. The van der Waals surface area contributed by atoms with Crippen molar-refractivity contribution in [2.45, 2.75) is 32.1 Å². The molecule has 51 heavy (non-hydrogen) atoms. The third-order valence-corrected chi connectivity index (χ3v) is 10.7. The summed E-state index contributed by atoms with van der Waals surface area (Å²) in [4.78, 5) is 0.187. The van der Waals surface area contributed by atoms with Gasteiger partial charge in [0, 0.05) is 12.1 Å². The van der Waals surface area contributed by atoms with Crippen LogP contribution in [0.2, 0.25) is 0 Å². The largest absolute Gasteiger partial charge is 0.496 e. The Morgan fingerprint density at radius 1 is 0.745 bits per heavy atom. The third kappa shape index (κ3) is 8.43. The molecule has 0 saturated heterocycles. The zero-order valence-corrected chi connectivity index (χ0v) is 31.7. The van der Waals surface area contributed by atoms with Crippen LogP contribution in [0, 0.1) is 6.92 Å². The van der Waals surface area contributed by atoms with Crippen molar-refractivity contribution in [1.82, 2.24) is 0 Å². The van der Waals surface area contributed by atoms with E-state index in [9.17, 15) is 25.3 Å². The van der Waals surface area contributed by atoms with E-state index in [-0.39, 0.29) is 57.9 Å². The van der Waals surface area contributed by atoms with Gasteiger partial charge in [-0.2, -0.15) is 16.8 Å². The topological polar surface area (TPSA) is 152 Å². The van der Waals surface area contributed by atoms with Crippen LogP contribution in [0.15, 0.2) is 83.3 Å². The summed E-state index contributed by atoms with van der Waals surface area (Å²) in [5.74, 6) is -0.0329. The number of nitrogens with zero attached hydrogens (tertiary/aromatic N) is 1. The Labute approximate surface area is 299 Å². The van der Waals surface area contributed by atoms with Crippen molar-refractivity contribution in [3.8, 4) is 51.0 Å². The van der Waals surface area contributed by atoms with E-state index in [1.54, 1.807) is 48.5 Å². The molecule has 0 aromatic heterocycles. The van der Waals surface area contributed by atoms with Gasteiger partial charge >= 0.3 is 20.2 Å². The second-order valence-electron chi connectivity index (χ2n) is 12.2. The number of sulfonamides is 1. The molecule has 0 saturated carbocycles. The average Bonchev–Trinajstić information content (AvgIpc) is 3.48. The van der Waals surface area contributed by atoms with Crippen LogP contribution < -0.4 is 26.9 Å². The van der Waals surface area contributed by atoms with Crippen LogP contribution in [0.3, 0.4) is 0 Å². The highest BCUT2D eigenvalue weighted by molar-refractivity contribution is 7.92. The fourth-order valence-electron chi connectivity index (χ4n) is 5.63. The lowest BCUT2D eigenvalue weighted by molar-refractivity contribution is 0.347. The molecule has 1 heterocycles. The summed E-state index contributed by atoms with van der Waals surface area (Å²) in [6, 6.07) is 18.0. The Kier molecular flexibility index (Phi) is 10.7. The van der Waals surface area contributed by atoms with E-state index in [2.05, 4.69) is 0 Å². The average molecular weight is 758 g/mol. The highest BCUT2D eigenvalue weighted by Crippen LogP contribution is 2.52. The van der Waals surface area contributed by atoms with E-state index in [0.717, 1.165) is 29.2 Å². The minimum atomic E-state index is -4.16. The van der Waals surface area contributed by atoms with Crippen LogP contribution in [-0.2, 0) is 36.7 Å². The number of hydrogen-bond donors (Lipinski definition) is 0. The SMILES string of the molecule is COc1cc(-c2ccc3c(c2)CCN3S(=O)(=O)c2ccc(C)cc2)c(OC)c(OS(C)(=O)=O)c1-c1ccc(OCC=C(C)C)c(OS(C)(=O)=O)c1. The van der Waals surface area contributed by atoms with Crippen molar-refractivity contribution < 1.29 is 47.8 Å². The first-order valence-corrected chi connectivity index (χ1v) is 20.7. The lowest BCUT2D eigenvalue weighted by Crippen LogP contribution is -2.29. The molecule has 4 aromatic carbocycles. The Morgan fingerprint density at radius 2 is 1.41 bits per heavy atom. The van der Waals surface area contributed by atoms with Gasteiger partial charge in [0.1, 0.15) is 12.4 Å². The second kappa shape index (κ2) is 14.5. The molecule has 0 aliphatic carbocycles. The predicted molar refractivity (Wildman–Crippen MR) is 196 cm³/mol. The first-order chi connectivity index (χ1) is 23.9. The number of fused-ring (bicyclic) bond motifs is 1. The molecule has 0 atom stereocenters. The van der Waals surface area contributed by atoms with E-state index >= 15 is 0 Å². The van der Waals surface area contributed by atoms with Crippen molar-refractivity contribution in [1.29, 1.82) is 0 Å². The lowest BCUT2D eigenvalue weighted by atomic mass is 9.95. The van der Waals surface area contributed by atoms with E-state index < -0.39 is 30.3 Å². The van der Waals surface area contributed by atoms with Crippen LogP contribution in [-0.4, -0.2) is 65.1 Å². The zero-order chi connectivity index (χ0) is 37.3. The molecule has 1 aliphatic heterocycles. The summed E-state index contributed by atoms with van der Waals surface area (Å²) in [5.41, 5.74) is 4.60. The quantitative estimate of drug-likeness (QED) is 0.115. The Bertz CT molecular complexity index is 2330. The minimum absolute atomic E-state index is 0.0350. The van der Waals surface area contributed by atoms with Crippen molar-refractivity contribution in [2.24, 2.45) is 0 Å². The van der Waals surface area contributed by atoms with E-state index in [0.29, 0.717) is 23.2 Å². The lowest BCUT2D eigenvalue weighted by Gasteiger charge is -2.22. The predicted octanol–water partition coefficient (Wildman–Crippen LogP) is 6.12. The zero-order valence-electron chi connectivity index (χ0n) is 29.2. The maximum atomic E-state index is 13.6. The number of rotatable bonds is 13. The summed E-state index contributed by atoms with van der Waals surface area (Å²) in [6.07, 6.45) is 4.02. The van der Waals surface area contributed by atoms with Crippen LogP contribution >= 0.6 is 0 Å². The fourth-order valence-corrected chi connectivity index (χ4v) is 8.06. The Balaban J connectivity index is 1.66. The van der Waals surface area contributed by atoms with Crippen LogP contribution in [0.4, 0.5) is 5.69 Å². The van der Waals surface area contributed by atoms with Crippen molar-refractivity contribution in [2.75, 3.05) is 44.2 Å². The van der Waals surface area contributed by atoms with Gasteiger partial charge in [-0.1, -0.05) is 35.4 Å². The van der Waals surface area contributed by atoms with Gasteiger partial charge in [0.15, 0.2) is 23.0 Å². The van der Waals surface area contributed by atoms with Gasteiger partial charge in [-0.25, -0.2) is 8.42 Å². The standard InChI is InChI=1S/C36H39NO11S3/c1-23(2)17-19-46-31-15-11-27(21-32(31)47-49(6,38)39)34-33(44-4)22-29(35(45-5)36(34)48-50(7,40)41)25-10-14-30-26(20-25)16-18-37(30)51(42,43)28-12-8-24(3)9-13-28/h8-15,17,20-22H,16,18-19H2,1-7H3. The molecule has 1 aliphatic rings. The van der Waals surface area contributed by atoms with Crippen molar-refractivity contribution in [3.05, 3.63) is 89.5 Å². The molecule has 0 radical (unpaired) electrons. The second-order valence-corrected chi connectivity index (χ2v) is 17.2. The molecule has 5 rings (SSSR count). The number of ether oxygens (including phenoxy) is 3. The Hall–Kier alpha value is -4.73. The Morgan fingerprint density at radius 3 is 2.02 bits per heavy atom. The first-order valence-electron chi connectivity index (χ1n) is 15.6. The van der Waals surface area contributed by atoms with Crippen molar-refractivity contribution in [3.63, 3.8) is 0 Å². The molecule has 0 fully saturated rings. The molecule has 272 valence electrons. The van der Waals surface area contributed by atoms with E-state index in [4.69, 9.17) is 22.6 Å². The smallest absolute Gasteiger partial charge is 0.306 e. The molecule has 0 N–H and O–H groups in total. The van der Waals surface area contributed by atoms with Crippen LogP contribution in [0.25, 0.3) is 22.3 Å². The molecular weight excluding hydrogens is 719 g/mol. The van der Waals surface area contributed by atoms with Gasteiger partial charge in [0.05, 0.1) is 42.9 Å². The fraction of sp³-hybridized carbons (Fsp3) is 0.278. The number of aryl methyl sites for hydroxylation is 1. The normalized spacial score (nSPS) is 13.0. The molecule has 0 unspecified atom stereocenters. The van der Waals surface area contributed by atoms with Gasteiger partial charge in [-0.15, -0.1) is 0 Å². The summed E-state index contributed by atoms with van der Waals surface area (Å²) in [5, 5.41) is 0. The third-order valence-electron chi connectivity index (χ3n) is 7.91. The number of hydrogen-bond acceptors (Lipinski definition) is 11. The maximum Gasteiger partial charge on any atom is 0.306 e. The number of anilines is 1. The number of methoxy groups -OCH3 is 2. The number of allylic oxidation sites excluding steroid dienone is 1. The highest BCUT2D eigenvalue weighted by atomic mass is 32.2. The van der Waals surface area contributed by atoms with E-state index in [1.807, 2.05) is 32.9 Å². The van der Waals surface area contributed by atoms with Gasteiger partial charge in [0.25, 0.3) is 10.0 Å². The molecular formula is C36H39NO11S3. The number of benzene rings is 4. The maximum absolute atomic E-state index is 13.6. The summed E-state index contributed by atoms with van der Waals surface area (Å²) < 4.78 is 107.